The second-order valence-electron chi connectivity index (χ2n) is 4.95. The minimum absolute atomic E-state index is 0.0558. The Kier molecular flexibility index (Phi) is 2.67. The summed E-state index contributed by atoms with van der Waals surface area (Å²) in [5, 5.41) is 11.8. The van der Waals surface area contributed by atoms with Crippen molar-refractivity contribution >= 4 is 11.3 Å². The molecular formula is C12H18OS. The summed E-state index contributed by atoms with van der Waals surface area (Å²) < 4.78 is 0. The smallest absolute Gasteiger partial charge is 0.0545 e. The number of aryl methyl sites for hydroxylation is 1. The first-order valence-electron chi connectivity index (χ1n) is 5.29. The number of aliphatic hydroxyl groups excluding tert-OH is 1. The van der Waals surface area contributed by atoms with Crippen molar-refractivity contribution in [1.29, 1.82) is 0 Å². The zero-order chi connectivity index (χ0) is 10.2. The molecule has 1 N–H and O–H groups in total. The molecule has 1 nitrogen and oxygen atoms in total. The average Bonchev–Trinajstić information content (AvgIpc) is 2.60. The summed E-state index contributed by atoms with van der Waals surface area (Å²) >= 11 is 1.82. The van der Waals surface area contributed by atoms with Gasteiger partial charge in [0.2, 0.25) is 0 Å². The van der Waals surface area contributed by atoms with Gasteiger partial charge in [0, 0.05) is 4.88 Å². The average molecular weight is 210 g/mol. The number of hydrogen-bond donors (Lipinski definition) is 1. The van der Waals surface area contributed by atoms with E-state index in [1.54, 1.807) is 0 Å². The lowest BCUT2D eigenvalue weighted by Gasteiger charge is -2.22. The fraction of sp³-hybridized carbons (Fsp3) is 0.667. The molecule has 1 aromatic heterocycles. The minimum Gasteiger partial charge on any atom is -0.393 e. The van der Waals surface area contributed by atoms with Crippen molar-refractivity contribution in [2.45, 2.75) is 45.6 Å². The Balaban J connectivity index is 2.03. The summed E-state index contributed by atoms with van der Waals surface area (Å²) in [5.41, 5.74) is 1.79. The van der Waals surface area contributed by atoms with Gasteiger partial charge in [-0.3, -0.25) is 0 Å². The van der Waals surface area contributed by atoms with Crippen LogP contribution in [0.2, 0.25) is 0 Å². The highest BCUT2D eigenvalue weighted by molar-refractivity contribution is 7.10. The molecule has 0 amide bonds. The van der Waals surface area contributed by atoms with Gasteiger partial charge >= 0.3 is 0 Å². The first-order chi connectivity index (χ1) is 6.57. The lowest BCUT2D eigenvalue weighted by atomic mass is 9.83. The van der Waals surface area contributed by atoms with Crippen LogP contribution >= 0.6 is 11.3 Å². The van der Waals surface area contributed by atoms with Crippen molar-refractivity contribution in [1.82, 2.24) is 0 Å². The van der Waals surface area contributed by atoms with Crippen LogP contribution in [0.15, 0.2) is 11.4 Å². The van der Waals surface area contributed by atoms with Gasteiger partial charge in [-0.1, -0.05) is 6.92 Å². The molecule has 0 spiro atoms. The maximum Gasteiger partial charge on any atom is 0.0545 e. The number of hydrogen-bond acceptors (Lipinski definition) is 2. The van der Waals surface area contributed by atoms with Gasteiger partial charge in [-0.2, -0.15) is 0 Å². The van der Waals surface area contributed by atoms with E-state index in [2.05, 4.69) is 25.3 Å². The molecule has 1 aliphatic carbocycles. The van der Waals surface area contributed by atoms with Crippen LogP contribution in [0.5, 0.6) is 0 Å². The van der Waals surface area contributed by atoms with E-state index in [1.165, 1.54) is 16.9 Å². The third-order valence-electron chi connectivity index (χ3n) is 3.23. The Morgan fingerprint density at radius 1 is 1.64 bits per heavy atom. The van der Waals surface area contributed by atoms with E-state index < -0.39 is 0 Å². The highest BCUT2D eigenvalue weighted by Crippen LogP contribution is 2.41. The quantitative estimate of drug-likeness (QED) is 0.795. The minimum atomic E-state index is -0.0558. The van der Waals surface area contributed by atoms with Crippen LogP contribution in [0.4, 0.5) is 0 Å². The van der Waals surface area contributed by atoms with Crippen LogP contribution in [-0.2, 0) is 6.42 Å². The van der Waals surface area contributed by atoms with Crippen LogP contribution in [0.1, 0.15) is 36.6 Å². The van der Waals surface area contributed by atoms with Gasteiger partial charge in [-0.05, 0) is 55.0 Å². The molecule has 0 aliphatic heterocycles. The van der Waals surface area contributed by atoms with Gasteiger partial charge in [-0.25, -0.2) is 0 Å². The first-order valence-corrected chi connectivity index (χ1v) is 6.17. The lowest BCUT2D eigenvalue weighted by Crippen LogP contribution is -2.16. The molecule has 2 atom stereocenters. The van der Waals surface area contributed by atoms with Crippen molar-refractivity contribution in [2.24, 2.45) is 5.41 Å². The fourth-order valence-electron chi connectivity index (χ4n) is 2.53. The Morgan fingerprint density at radius 2 is 2.43 bits per heavy atom. The van der Waals surface area contributed by atoms with Gasteiger partial charge in [0.05, 0.1) is 6.10 Å². The molecule has 0 aromatic carbocycles. The Bertz CT molecular complexity index is 318. The Labute approximate surface area is 89.8 Å². The van der Waals surface area contributed by atoms with Crippen LogP contribution < -0.4 is 0 Å². The van der Waals surface area contributed by atoms with Gasteiger partial charge in [-0.15, -0.1) is 11.3 Å². The van der Waals surface area contributed by atoms with Crippen molar-refractivity contribution in [2.75, 3.05) is 0 Å². The van der Waals surface area contributed by atoms with Crippen molar-refractivity contribution in [3.05, 3.63) is 21.9 Å². The molecule has 2 rings (SSSR count). The summed E-state index contributed by atoms with van der Waals surface area (Å²) in [5.74, 6) is 0. The van der Waals surface area contributed by atoms with E-state index in [-0.39, 0.29) is 6.10 Å². The normalized spacial score (nSPS) is 32.4. The van der Waals surface area contributed by atoms with Crippen LogP contribution in [0.25, 0.3) is 0 Å². The molecule has 0 saturated heterocycles. The summed E-state index contributed by atoms with van der Waals surface area (Å²) in [7, 11) is 0. The summed E-state index contributed by atoms with van der Waals surface area (Å²) in [4.78, 5) is 1.39. The highest BCUT2D eigenvalue weighted by atomic mass is 32.1. The standard InChI is InChI=1S/C12H18OS/c1-9-5-10(8-14-9)6-12(2)4-3-11(13)7-12/h5,8,11,13H,3-4,6-7H2,1-2H3. The maximum atomic E-state index is 9.55. The van der Waals surface area contributed by atoms with E-state index in [1.807, 2.05) is 11.3 Å². The largest absolute Gasteiger partial charge is 0.393 e. The SMILES string of the molecule is Cc1cc(CC2(C)CCC(O)C2)cs1. The van der Waals surface area contributed by atoms with Gasteiger partial charge in [0.15, 0.2) is 0 Å². The summed E-state index contributed by atoms with van der Waals surface area (Å²) in [6.07, 6.45) is 4.21. The number of aliphatic hydroxyl groups is 1. The van der Waals surface area contributed by atoms with Gasteiger partial charge in [0.25, 0.3) is 0 Å². The van der Waals surface area contributed by atoms with Gasteiger partial charge < -0.3 is 5.11 Å². The third kappa shape index (κ3) is 2.18. The zero-order valence-corrected chi connectivity index (χ0v) is 9.73. The Hall–Kier alpha value is -0.340. The van der Waals surface area contributed by atoms with Crippen LogP contribution in [0.3, 0.4) is 0 Å². The molecule has 2 heteroatoms. The molecule has 1 fully saturated rings. The topological polar surface area (TPSA) is 20.2 Å². The lowest BCUT2D eigenvalue weighted by molar-refractivity contribution is 0.163. The summed E-state index contributed by atoms with van der Waals surface area (Å²) in [6, 6.07) is 2.28. The van der Waals surface area contributed by atoms with E-state index in [9.17, 15) is 5.11 Å². The van der Waals surface area contributed by atoms with E-state index in [0.717, 1.165) is 19.3 Å². The molecule has 1 aromatic rings. The number of thiophene rings is 1. The summed E-state index contributed by atoms with van der Waals surface area (Å²) in [6.45, 7) is 4.45. The molecular weight excluding hydrogens is 192 g/mol. The molecule has 0 radical (unpaired) electrons. The van der Waals surface area contributed by atoms with Crippen molar-refractivity contribution in [3.63, 3.8) is 0 Å². The second-order valence-corrected chi connectivity index (χ2v) is 6.07. The third-order valence-corrected chi connectivity index (χ3v) is 4.14. The molecule has 1 heterocycles. The zero-order valence-electron chi connectivity index (χ0n) is 8.92. The van der Waals surface area contributed by atoms with E-state index >= 15 is 0 Å². The van der Waals surface area contributed by atoms with Gasteiger partial charge in [0.1, 0.15) is 0 Å². The first kappa shape index (κ1) is 10.2. The predicted octanol–water partition coefficient (Wildman–Crippen LogP) is 3.15. The maximum absolute atomic E-state index is 9.55. The highest BCUT2D eigenvalue weighted by Gasteiger charge is 2.34. The van der Waals surface area contributed by atoms with E-state index in [0.29, 0.717) is 5.41 Å². The Morgan fingerprint density at radius 3 is 2.93 bits per heavy atom. The monoisotopic (exact) mass is 210 g/mol. The second kappa shape index (κ2) is 3.67. The molecule has 2 unspecified atom stereocenters. The van der Waals surface area contributed by atoms with Crippen molar-refractivity contribution in [3.8, 4) is 0 Å². The van der Waals surface area contributed by atoms with Crippen LogP contribution in [0, 0.1) is 12.3 Å². The molecule has 0 bridgehead atoms. The number of rotatable bonds is 2. The molecule has 78 valence electrons. The van der Waals surface area contributed by atoms with Crippen molar-refractivity contribution < 1.29 is 5.11 Å². The fourth-order valence-corrected chi connectivity index (χ4v) is 3.24. The van der Waals surface area contributed by atoms with E-state index in [4.69, 9.17) is 0 Å². The molecule has 1 aliphatic rings. The predicted molar refractivity (Wildman–Crippen MR) is 60.7 cm³/mol. The molecule has 14 heavy (non-hydrogen) atoms. The molecule has 1 saturated carbocycles. The van der Waals surface area contributed by atoms with Crippen LogP contribution in [-0.4, -0.2) is 11.2 Å².